The van der Waals surface area contributed by atoms with Crippen molar-refractivity contribution < 1.29 is 23.9 Å². The number of ketones is 1. The van der Waals surface area contributed by atoms with Crippen molar-refractivity contribution in [2.45, 2.75) is 51.6 Å². The summed E-state index contributed by atoms with van der Waals surface area (Å²) < 4.78 is 4.94. The maximum absolute atomic E-state index is 12.1. The van der Waals surface area contributed by atoms with Gasteiger partial charge in [0, 0.05) is 12.8 Å². The molecule has 0 saturated heterocycles. The van der Waals surface area contributed by atoms with Gasteiger partial charge in [0.1, 0.15) is 5.78 Å². The number of esters is 1. The van der Waals surface area contributed by atoms with E-state index in [0.29, 0.717) is 25.5 Å². The van der Waals surface area contributed by atoms with Gasteiger partial charge in [-0.1, -0.05) is 24.3 Å². The fourth-order valence-electron chi connectivity index (χ4n) is 2.63. The lowest BCUT2D eigenvalue weighted by molar-refractivity contribution is -0.142. The highest BCUT2D eigenvalue weighted by Crippen LogP contribution is 2.09. The van der Waals surface area contributed by atoms with Crippen LogP contribution in [-0.4, -0.2) is 49.6 Å². The first-order valence-corrected chi connectivity index (χ1v) is 11.8. The Kier molecular flexibility index (Phi) is 10.3. The second-order valence-electron chi connectivity index (χ2n) is 6.69. The largest absolute Gasteiger partial charge is 0.466 e. The van der Waals surface area contributed by atoms with Crippen molar-refractivity contribution in [1.82, 2.24) is 5.32 Å². The van der Waals surface area contributed by atoms with Crippen LogP contribution in [0.4, 0.5) is 0 Å². The molecule has 0 amide bonds. The van der Waals surface area contributed by atoms with Gasteiger partial charge in [0.15, 0.2) is 0 Å². The normalized spacial score (nSPS) is 11.4. The lowest BCUT2D eigenvalue weighted by Gasteiger charge is -2.11. The van der Waals surface area contributed by atoms with Gasteiger partial charge in [-0.2, -0.15) is 0 Å². The monoisotopic (exact) mass is 381 g/mol. The number of ether oxygens (including phenoxy) is 1. The fourth-order valence-corrected chi connectivity index (χ4v) is 3.47. The number of carbonyl (C=O) groups excluding carboxylic acids is 2. The molecule has 0 aliphatic heterocycles. The van der Waals surface area contributed by atoms with E-state index in [-0.39, 0.29) is 18.2 Å². The lowest BCUT2D eigenvalue weighted by Crippen LogP contribution is -2.31. The number of hydrogen-bond acceptors (Lipinski definition) is 6. The minimum absolute atomic E-state index is 0.172. The van der Waals surface area contributed by atoms with Crippen LogP contribution < -0.4 is 5.32 Å². The van der Waals surface area contributed by atoms with Gasteiger partial charge in [-0.25, -0.2) is 0 Å². The van der Waals surface area contributed by atoms with Crippen LogP contribution in [-0.2, 0) is 27.2 Å². The fraction of sp³-hybridized carbons (Fsp3) is 0.579. The molecule has 0 aromatic heterocycles. The highest BCUT2D eigenvalue weighted by atomic mass is 28.4. The van der Waals surface area contributed by atoms with E-state index in [1.165, 1.54) is 6.55 Å². The van der Waals surface area contributed by atoms with E-state index in [1.807, 2.05) is 24.3 Å². The summed E-state index contributed by atoms with van der Waals surface area (Å²) in [5, 5.41) is 3.22. The van der Waals surface area contributed by atoms with Crippen LogP contribution >= 0.6 is 0 Å². The number of benzene rings is 1. The topological polar surface area (TPSA) is 95.9 Å². The first kappa shape index (κ1) is 22.5. The Bertz CT molecular complexity index is 571. The van der Waals surface area contributed by atoms with Gasteiger partial charge in [-0.15, -0.1) is 0 Å². The van der Waals surface area contributed by atoms with E-state index < -0.39 is 8.56 Å². The van der Waals surface area contributed by atoms with Gasteiger partial charge in [0.25, 0.3) is 0 Å². The number of rotatable bonds is 13. The average molecular weight is 382 g/mol. The maximum Gasteiger partial charge on any atom is 0.329 e. The van der Waals surface area contributed by atoms with Gasteiger partial charge in [-0.05, 0) is 56.6 Å². The van der Waals surface area contributed by atoms with E-state index in [9.17, 15) is 19.2 Å². The summed E-state index contributed by atoms with van der Waals surface area (Å²) in [6.45, 7) is 5.12. The van der Waals surface area contributed by atoms with Crippen molar-refractivity contribution in [2.75, 3.05) is 19.7 Å². The molecule has 0 saturated carbocycles. The zero-order valence-electron chi connectivity index (χ0n) is 15.8. The third-order valence-corrected chi connectivity index (χ3v) is 5.16. The smallest absolute Gasteiger partial charge is 0.329 e. The van der Waals surface area contributed by atoms with Crippen LogP contribution in [0.2, 0.25) is 12.6 Å². The summed E-state index contributed by atoms with van der Waals surface area (Å²) in [5.74, 6) is -0.0850. The van der Waals surface area contributed by atoms with E-state index in [1.54, 1.807) is 6.92 Å². The van der Waals surface area contributed by atoms with Crippen molar-refractivity contribution in [2.24, 2.45) is 0 Å². The Morgan fingerprint density at radius 2 is 1.77 bits per heavy atom. The molecule has 1 rings (SSSR count). The molecule has 146 valence electrons. The number of nitrogens with one attached hydrogen (secondary N) is 1. The average Bonchev–Trinajstić information content (AvgIpc) is 2.53. The lowest BCUT2D eigenvalue weighted by atomic mass is 10.0. The number of carbonyl (C=O) groups is 2. The Balaban J connectivity index is 2.23. The van der Waals surface area contributed by atoms with Gasteiger partial charge < -0.3 is 19.6 Å². The predicted molar refractivity (Wildman–Crippen MR) is 103 cm³/mol. The molecule has 0 bridgehead atoms. The first-order chi connectivity index (χ1) is 12.3. The van der Waals surface area contributed by atoms with Crippen LogP contribution in [0.3, 0.4) is 0 Å². The number of Topliss-reactive ketones (excluding diaryl/α,β-unsaturated/α-hetero) is 1. The van der Waals surface area contributed by atoms with Crippen molar-refractivity contribution in [3.63, 3.8) is 0 Å². The quantitative estimate of drug-likeness (QED) is 0.274. The molecule has 0 atom stereocenters. The molecule has 0 fully saturated rings. The Morgan fingerprint density at radius 1 is 1.12 bits per heavy atom. The Hall–Kier alpha value is -1.54. The third-order valence-electron chi connectivity index (χ3n) is 3.86. The molecule has 7 heteroatoms. The SMILES string of the molecule is CCOC(=O)Cc1cccc(CC(=O)CCCNCCC[Si](C)(O)O)c1. The van der Waals surface area contributed by atoms with Gasteiger partial charge >= 0.3 is 14.5 Å². The second-order valence-corrected chi connectivity index (χ2v) is 9.63. The first-order valence-electron chi connectivity index (χ1n) is 9.21. The predicted octanol–water partition coefficient (Wildman–Crippen LogP) is 1.72. The van der Waals surface area contributed by atoms with Crippen molar-refractivity contribution >= 4 is 20.3 Å². The molecule has 0 aliphatic carbocycles. The summed E-state index contributed by atoms with van der Waals surface area (Å²) >= 11 is 0. The Labute approximate surface area is 156 Å². The van der Waals surface area contributed by atoms with Crippen LogP contribution in [0.15, 0.2) is 24.3 Å². The van der Waals surface area contributed by atoms with Crippen LogP contribution in [0, 0.1) is 0 Å². The van der Waals surface area contributed by atoms with Crippen molar-refractivity contribution in [3.05, 3.63) is 35.4 Å². The zero-order valence-corrected chi connectivity index (χ0v) is 16.8. The summed E-state index contributed by atoms with van der Waals surface area (Å²) in [4.78, 5) is 42.3. The zero-order chi connectivity index (χ0) is 19.4. The molecular weight excluding hydrogens is 350 g/mol. The molecule has 0 radical (unpaired) electrons. The molecule has 0 spiro atoms. The van der Waals surface area contributed by atoms with Crippen molar-refractivity contribution in [3.8, 4) is 0 Å². The molecule has 1 aromatic carbocycles. The number of hydrogen-bond donors (Lipinski definition) is 3. The molecule has 3 N–H and O–H groups in total. The summed E-state index contributed by atoms with van der Waals surface area (Å²) in [6, 6.07) is 7.97. The van der Waals surface area contributed by atoms with E-state index >= 15 is 0 Å². The standard InChI is InChI=1S/C19H31NO5Si/c1-3-25-19(22)15-17-8-4-7-16(13-17)14-18(21)9-5-10-20-11-6-12-26(2,23)24/h4,7-8,13,20,23-24H,3,5-6,9-12,14-15H2,1-2H3. The van der Waals surface area contributed by atoms with Crippen LogP contribution in [0.25, 0.3) is 0 Å². The highest BCUT2D eigenvalue weighted by Gasteiger charge is 2.19. The van der Waals surface area contributed by atoms with Crippen LogP contribution in [0.1, 0.15) is 37.3 Å². The molecule has 1 aromatic rings. The van der Waals surface area contributed by atoms with E-state index in [0.717, 1.165) is 37.1 Å². The maximum atomic E-state index is 12.1. The van der Waals surface area contributed by atoms with E-state index in [4.69, 9.17) is 4.74 Å². The molecular formula is C19H31NO5Si. The Morgan fingerprint density at radius 3 is 2.42 bits per heavy atom. The van der Waals surface area contributed by atoms with Gasteiger partial charge in [0.05, 0.1) is 13.0 Å². The van der Waals surface area contributed by atoms with Gasteiger partial charge in [0.2, 0.25) is 0 Å². The van der Waals surface area contributed by atoms with Crippen LogP contribution in [0.5, 0.6) is 0 Å². The van der Waals surface area contributed by atoms with E-state index in [2.05, 4.69) is 5.32 Å². The molecule has 0 heterocycles. The molecule has 0 aliphatic rings. The minimum atomic E-state index is -2.93. The van der Waals surface area contributed by atoms with Crippen molar-refractivity contribution in [1.29, 1.82) is 0 Å². The molecule has 26 heavy (non-hydrogen) atoms. The molecule has 0 unspecified atom stereocenters. The summed E-state index contributed by atoms with van der Waals surface area (Å²) in [5.41, 5.74) is 1.78. The highest BCUT2D eigenvalue weighted by molar-refractivity contribution is 6.63. The van der Waals surface area contributed by atoms with Gasteiger partial charge in [-0.3, -0.25) is 9.59 Å². The minimum Gasteiger partial charge on any atom is -0.466 e. The third kappa shape index (κ3) is 11.1. The molecule has 6 nitrogen and oxygen atoms in total. The second kappa shape index (κ2) is 12.0. The summed E-state index contributed by atoms with van der Waals surface area (Å²) in [6.07, 6.45) is 2.59. The summed E-state index contributed by atoms with van der Waals surface area (Å²) in [7, 11) is -2.93.